The summed E-state index contributed by atoms with van der Waals surface area (Å²) in [6.45, 7) is 2.14. The van der Waals surface area contributed by atoms with Gasteiger partial charge in [-0.3, -0.25) is 0 Å². The summed E-state index contributed by atoms with van der Waals surface area (Å²) in [7, 11) is 0. The minimum absolute atomic E-state index is 0.328. The average molecular weight is 313 g/mol. The molecule has 1 heterocycles. The van der Waals surface area contributed by atoms with Crippen molar-refractivity contribution in [3.8, 4) is 6.07 Å². The number of fused-ring (bicyclic) bond motifs is 1. The van der Waals surface area contributed by atoms with E-state index in [1.165, 1.54) is 33.5 Å². The zero-order chi connectivity index (χ0) is 12.3. The second-order valence-corrected chi connectivity index (χ2v) is 7.02. The quantitative estimate of drug-likeness (QED) is 0.905. The molecule has 0 aliphatic heterocycles. The van der Waals surface area contributed by atoms with E-state index in [1.54, 1.807) is 0 Å². The molecule has 2 unspecified atom stereocenters. The first-order valence-corrected chi connectivity index (χ1v) is 7.76. The van der Waals surface area contributed by atoms with E-state index in [4.69, 9.17) is 5.26 Å². The molecule has 1 N–H and O–H groups in total. The fraction of sp³-hybridized carbons (Fsp3) is 0.615. The van der Waals surface area contributed by atoms with Gasteiger partial charge in [0.05, 0.1) is 16.3 Å². The van der Waals surface area contributed by atoms with Crippen LogP contribution in [-0.4, -0.2) is 6.04 Å². The summed E-state index contributed by atoms with van der Waals surface area (Å²) in [5.41, 5.74) is 1.45. The lowest BCUT2D eigenvalue weighted by Gasteiger charge is -2.27. The summed E-state index contributed by atoms with van der Waals surface area (Å²) in [5.74, 6) is 0. The number of hydrogen-bond donors (Lipinski definition) is 1. The van der Waals surface area contributed by atoms with E-state index >= 15 is 0 Å². The van der Waals surface area contributed by atoms with Crippen LogP contribution < -0.4 is 5.32 Å². The van der Waals surface area contributed by atoms with E-state index in [0.717, 1.165) is 6.42 Å². The zero-order valence-electron chi connectivity index (χ0n) is 10.0. The highest BCUT2D eigenvalue weighted by Crippen LogP contribution is 2.38. The van der Waals surface area contributed by atoms with E-state index in [9.17, 15) is 0 Å². The molecular weight excluding hydrogens is 296 g/mol. The van der Waals surface area contributed by atoms with Gasteiger partial charge in [0.1, 0.15) is 0 Å². The highest BCUT2D eigenvalue weighted by molar-refractivity contribution is 9.11. The molecule has 1 aromatic rings. The van der Waals surface area contributed by atoms with E-state index < -0.39 is 0 Å². The van der Waals surface area contributed by atoms with Crippen LogP contribution in [0.2, 0.25) is 0 Å². The second-order valence-electron chi connectivity index (χ2n) is 4.51. The fourth-order valence-corrected chi connectivity index (χ4v) is 4.23. The van der Waals surface area contributed by atoms with E-state index in [-0.39, 0.29) is 0 Å². The third kappa shape index (κ3) is 3.09. The van der Waals surface area contributed by atoms with Gasteiger partial charge in [0.2, 0.25) is 0 Å². The molecule has 0 spiro atoms. The second kappa shape index (κ2) is 5.99. The predicted octanol–water partition coefficient (Wildman–Crippen LogP) is 4.17. The van der Waals surface area contributed by atoms with Crippen LogP contribution in [0.15, 0.2) is 9.85 Å². The fourth-order valence-electron chi connectivity index (χ4n) is 2.41. The molecular formula is C13H17BrN2S. The lowest BCUT2D eigenvalue weighted by Crippen LogP contribution is -2.33. The number of nitrogens with zero attached hydrogens (tertiary/aromatic N) is 1. The summed E-state index contributed by atoms with van der Waals surface area (Å²) in [6, 6.07) is 5.29. The van der Waals surface area contributed by atoms with Crippen molar-refractivity contribution < 1.29 is 0 Å². The van der Waals surface area contributed by atoms with Gasteiger partial charge in [-0.15, -0.1) is 11.3 Å². The summed E-state index contributed by atoms with van der Waals surface area (Å²) in [6.07, 6.45) is 5.27. The van der Waals surface area contributed by atoms with Crippen LogP contribution >= 0.6 is 27.3 Å². The summed E-state index contributed by atoms with van der Waals surface area (Å²) in [4.78, 5) is 1.51. The Hall–Kier alpha value is -0.370. The average Bonchev–Trinajstić information content (AvgIpc) is 2.70. The molecule has 4 heteroatoms. The smallest absolute Gasteiger partial charge is 0.0704 e. The predicted molar refractivity (Wildman–Crippen MR) is 75.1 cm³/mol. The van der Waals surface area contributed by atoms with Crippen LogP contribution in [0.25, 0.3) is 0 Å². The van der Waals surface area contributed by atoms with Crippen LogP contribution in [0, 0.1) is 11.3 Å². The molecule has 17 heavy (non-hydrogen) atoms. The molecule has 2 nitrogen and oxygen atoms in total. The minimum atomic E-state index is 0.328. The van der Waals surface area contributed by atoms with Crippen molar-refractivity contribution in [2.45, 2.75) is 51.1 Å². The summed E-state index contributed by atoms with van der Waals surface area (Å²) >= 11 is 5.43. The standard InChI is InChI=1S/C13H17BrN2S/c1-2-9(6-7-15)16-11-4-3-5-12-10(11)8-13(14)17-12/h8-9,11,16H,2-6H2,1H3. The molecule has 0 fully saturated rings. The maximum atomic E-state index is 8.80. The van der Waals surface area contributed by atoms with Crippen molar-refractivity contribution in [3.05, 3.63) is 20.3 Å². The number of aryl methyl sites for hydroxylation is 1. The van der Waals surface area contributed by atoms with E-state index in [1.807, 2.05) is 11.3 Å². The molecule has 0 saturated carbocycles. The Balaban J connectivity index is 2.10. The van der Waals surface area contributed by atoms with Gasteiger partial charge in [-0.1, -0.05) is 6.92 Å². The third-order valence-corrected chi connectivity index (χ3v) is 5.06. The summed E-state index contributed by atoms with van der Waals surface area (Å²) < 4.78 is 1.23. The maximum absolute atomic E-state index is 8.80. The van der Waals surface area contributed by atoms with Gasteiger partial charge < -0.3 is 5.32 Å². The van der Waals surface area contributed by atoms with Gasteiger partial charge in [0.15, 0.2) is 0 Å². The van der Waals surface area contributed by atoms with Crippen molar-refractivity contribution in [1.82, 2.24) is 5.32 Å². The molecule has 2 atom stereocenters. The van der Waals surface area contributed by atoms with Crippen molar-refractivity contribution in [2.24, 2.45) is 0 Å². The Bertz CT molecular complexity index is 422. The van der Waals surface area contributed by atoms with E-state index in [2.05, 4.69) is 40.3 Å². The SMILES string of the molecule is CCC(CC#N)NC1CCCc2sc(Br)cc21. The molecule has 2 rings (SSSR count). The molecule has 92 valence electrons. The number of halogens is 1. The number of nitrogens with one attached hydrogen (secondary N) is 1. The monoisotopic (exact) mass is 312 g/mol. The van der Waals surface area contributed by atoms with Crippen molar-refractivity contribution in [1.29, 1.82) is 5.26 Å². The van der Waals surface area contributed by atoms with Gasteiger partial charge >= 0.3 is 0 Å². The van der Waals surface area contributed by atoms with Gasteiger partial charge in [-0.2, -0.15) is 5.26 Å². The highest BCUT2D eigenvalue weighted by atomic mass is 79.9. The van der Waals surface area contributed by atoms with Gasteiger partial charge in [-0.25, -0.2) is 0 Å². The van der Waals surface area contributed by atoms with Gasteiger partial charge in [-0.05, 0) is 53.2 Å². The number of rotatable bonds is 4. The maximum Gasteiger partial charge on any atom is 0.0704 e. The Morgan fingerprint density at radius 2 is 2.53 bits per heavy atom. The van der Waals surface area contributed by atoms with Crippen molar-refractivity contribution >= 4 is 27.3 Å². The summed E-state index contributed by atoms with van der Waals surface area (Å²) in [5, 5.41) is 12.4. The first-order chi connectivity index (χ1) is 8.24. The first-order valence-electron chi connectivity index (χ1n) is 6.15. The molecule has 1 aromatic heterocycles. The lowest BCUT2D eigenvalue weighted by molar-refractivity contribution is 0.391. The molecule has 0 radical (unpaired) electrons. The topological polar surface area (TPSA) is 35.8 Å². The Morgan fingerprint density at radius 3 is 3.24 bits per heavy atom. The van der Waals surface area contributed by atoms with Gasteiger partial charge in [0.25, 0.3) is 0 Å². The largest absolute Gasteiger partial charge is 0.306 e. The zero-order valence-corrected chi connectivity index (χ0v) is 12.4. The van der Waals surface area contributed by atoms with Crippen molar-refractivity contribution in [3.63, 3.8) is 0 Å². The number of nitriles is 1. The van der Waals surface area contributed by atoms with Crippen LogP contribution in [0.1, 0.15) is 49.1 Å². The van der Waals surface area contributed by atoms with Crippen LogP contribution in [0.3, 0.4) is 0 Å². The third-order valence-electron chi connectivity index (χ3n) is 3.35. The Kier molecular flexibility index (Phi) is 4.61. The normalized spacial score (nSPS) is 20.6. The highest BCUT2D eigenvalue weighted by Gasteiger charge is 2.24. The van der Waals surface area contributed by atoms with Gasteiger partial charge in [0, 0.05) is 17.0 Å². The van der Waals surface area contributed by atoms with Crippen LogP contribution in [-0.2, 0) is 6.42 Å². The molecule has 0 amide bonds. The molecule has 0 saturated heterocycles. The van der Waals surface area contributed by atoms with E-state index in [0.29, 0.717) is 18.5 Å². The van der Waals surface area contributed by atoms with Crippen molar-refractivity contribution in [2.75, 3.05) is 0 Å². The molecule has 0 bridgehead atoms. The van der Waals surface area contributed by atoms with Crippen LogP contribution in [0.4, 0.5) is 0 Å². The van der Waals surface area contributed by atoms with Crippen LogP contribution in [0.5, 0.6) is 0 Å². The Morgan fingerprint density at radius 1 is 1.71 bits per heavy atom. The first kappa shape index (κ1) is 13.1. The number of hydrogen-bond acceptors (Lipinski definition) is 3. The number of thiophene rings is 1. The Labute approximate surface area is 115 Å². The molecule has 0 aromatic carbocycles. The molecule has 1 aliphatic carbocycles. The lowest BCUT2D eigenvalue weighted by atomic mass is 9.93. The molecule has 1 aliphatic rings. The minimum Gasteiger partial charge on any atom is -0.306 e.